The molecular weight excluding hydrogens is 333 g/mol. The van der Waals surface area contributed by atoms with Gasteiger partial charge in [0.2, 0.25) is 0 Å². The smallest absolute Gasteiger partial charge is 0.0834 e. The van der Waals surface area contributed by atoms with E-state index in [1.807, 2.05) is 0 Å². The summed E-state index contributed by atoms with van der Waals surface area (Å²) in [5, 5.41) is 9.17. The average Bonchev–Trinajstić information content (AvgIpc) is 2.11. The van der Waals surface area contributed by atoms with Crippen LogP contribution in [0.2, 0.25) is 58.9 Å². The third-order valence-electron chi connectivity index (χ3n) is 3.19. The van der Waals surface area contributed by atoms with E-state index in [9.17, 15) is 5.16 Å². The van der Waals surface area contributed by atoms with Gasteiger partial charge in [0.1, 0.15) is 0 Å². The molecule has 1 nitrogen and oxygen atoms in total. The molecule has 0 saturated carbocycles. The van der Waals surface area contributed by atoms with Crippen molar-refractivity contribution in [2.24, 2.45) is 0 Å². The van der Waals surface area contributed by atoms with E-state index in [0.717, 1.165) is 0 Å². The molecule has 0 rings (SSSR count). The van der Waals surface area contributed by atoms with Crippen molar-refractivity contribution in [1.29, 1.82) is 5.16 Å². The molecule has 0 radical (unpaired) electrons. The molecule has 0 spiro atoms. The van der Waals surface area contributed by atoms with E-state index < -0.39 is 28.9 Å². The Labute approximate surface area is 139 Å². The standard InChI is InChI=1S/C9H28NPSi3.C4H6.Ti/c1-12(2,3)11(10,13(4,5)6)14(7,8)9;1-3-4-2;/h10H,1-9H3;3-4H,1-2H2;. The maximum absolute atomic E-state index is 9.17. The van der Waals surface area contributed by atoms with Crippen molar-refractivity contribution < 1.29 is 21.7 Å². The Hall–Kier alpha value is 1.07. The first-order valence-corrected chi connectivity index (χ1v) is 21.4. The molecule has 0 unspecified atom stereocenters. The van der Waals surface area contributed by atoms with E-state index in [1.165, 1.54) is 0 Å². The van der Waals surface area contributed by atoms with Crippen molar-refractivity contribution in [2.45, 2.75) is 58.9 Å². The molecule has 0 heterocycles. The predicted molar refractivity (Wildman–Crippen MR) is 100 cm³/mol. The second-order valence-corrected chi connectivity index (χ2v) is 44.2. The zero-order valence-electron chi connectivity index (χ0n) is 14.5. The van der Waals surface area contributed by atoms with Crippen LogP contribution in [0, 0.1) is 5.16 Å². The van der Waals surface area contributed by atoms with E-state index >= 15 is 0 Å². The van der Waals surface area contributed by atoms with Crippen LogP contribution in [0.1, 0.15) is 0 Å². The van der Waals surface area contributed by atoms with Crippen LogP contribution in [0.5, 0.6) is 0 Å². The molecule has 6 heteroatoms. The van der Waals surface area contributed by atoms with Crippen LogP contribution in [0.3, 0.4) is 0 Å². The van der Waals surface area contributed by atoms with E-state index in [2.05, 4.69) is 72.1 Å². The summed E-state index contributed by atoms with van der Waals surface area (Å²) in [6.07, 6.45) is 3.28. The van der Waals surface area contributed by atoms with E-state index in [4.69, 9.17) is 0 Å². The fourth-order valence-corrected chi connectivity index (χ4v) is 81.5. The van der Waals surface area contributed by atoms with Gasteiger partial charge in [0.25, 0.3) is 0 Å². The molecule has 0 aromatic carbocycles. The summed E-state index contributed by atoms with van der Waals surface area (Å²) in [4.78, 5) is 0. The zero-order chi connectivity index (χ0) is 15.4. The number of hydrogen-bond donors (Lipinski definition) is 1. The summed E-state index contributed by atoms with van der Waals surface area (Å²) in [5.41, 5.74) is -1.35. The number of allylic oxidation sites excluding steroid dienone is 2. The Kier molecular flexibility index (Phi) is 11.2. The summed E-state index contributed by atoms with van der Waals surface area (Å²) in [6.45, 7) is 28.6. The largest absolute Gasteiger partial charge is 0.330 e. The van der Waals surface area contributed by atoms with Crippen LogP contribution in [0.4, 0.5) is 0 Å². The summed E-state index contributed by atoms with van der Waals surface area (Å²) in [7, 11) is -3.84. The molecule has 0 aromatic rings. The quantitative estimate of drug-likeness (QED) is 0.328. The van der Waals surface area contributed by atoms with Gasteiger partial charge in [-0.25, -0.2) is 0 Å². The first kappa shape index (κ1) is 25.1. The Balaban J connectivity index is -0.000000448. The van der Waals surface area contributed by atoms with Crippen LogP contribution in [0.25, 0.3) is 0 Å². The van der Waals surface area contributed by atoms with Gasteiger partial charge >= 0.3 is 0 Å². The molecule has 0 aromatic heterocycles. The Morgan fingerprint density at radius 1 is 0.684 bits per heavy atom. The van der Waals surface area contributed by atoms with Crippen molar-refractivity contribution >= 4 is 28.9 Å². The van der Waals surface area contributed by atoms with Gasteiger partial charge in [-0.15, -0.1) is 0 Å². The fourth-order valence-electron chi connectivity index (χ4n) is 3.02. The Bertz CT molecular complexity index is 286. The minimum absolute atomic E-state index is 0. The van der Waals surface area contributed by atoms with Gasteiger partial charge in [-0.05, 0) is 0 Å². The summed E-state index contributed by atoms with van der Waals surface area (Å²) in [6, 6.07) is 0. The third-order valence-corrected chi connectivity index (χ3v) is 63.6. The van der Waals surface area contributed by atoms with Crippen LogP contribution in [-0.2, 0) is 21.7 Å². The molecule has 0 fully saturated rings. The van der Waals surface area contributed by atoms with Crippen molar-refractivity contribution in [3.8, 4) is 0 Å². The molecule has 112 valence electrons. The molecule has 0 aliphatic heterocycles. The Morgan fingerprint density at radius 3 is 0.842 bits per heavy atom. The first-order chi connectivity index (χ1) is 7.66. The number of nitrogens with one attached hydrogen (secondary N) is 1. The molecule has 0 amide bonds. The molecule has 0 aliphatic carbocycles. The summed E-state index contributed by atoms with van der Waals surface area (Å²) in [5.74, 6) is 0. The summed E-state index contributed by atoms with van der Waals surface area (Å²) < 4.78 is 0. The Morgan fingerprint density at radius 2 is 0.842 bits per heavy atom. The first-order valence-electron chi connectivity index (χ1n) is 6.54. The molecule has 1 N–H and O–H groups in total. The van der Waals surface area contributed by atoms with Crippen LogP contribution >= 0.6 is 5.70 Å². The second kappa shape index (κ2) is 8.50. The van der Waals surface area contributed by atoms with E-state index in [0.29, 0.717) is 0 Å². The van der Waals surface area contributed by atoms with E-state index in [1.54, 1.807) is 12.2 Å². The van der Waals surface area contributed by atoms with Crippen LogP contribution in [0.15, 0.2) is 25.3 Å². The minimum atomic E-state index is -1.35. The van der Waals surface area contributed by atoms with Crippen LogP contribution < -0.4 is 0 Å². The molecule has 0 atom stereocenters. The predicted octanol–water partition coefficient (Wildman–Crippen LogP) is 6.63. The van der Waals surface area contributed by atoms with Crippen molar-refractivity contribution in [3.05, 3.63) is 25.3 Å². The summed E-state index contributed by atoms with van der Waals surface area (Å²) >= 11 is 0. The van der Waals surface area contributed by atoms with Gasteiger partial charge in [-0.3, -0.25) is 0 Å². The normalized spacial score (nSPS) is 12.7. The topological polar surface area (TPSA) is 23.9 Å². The SMILES string of the molecule is C=CC=C.C[Si](C)(C)P(=N)([Si](C)(C)C)[Si](C)(C)C.[Ti]. The molecule has 19 heavy (non-hydrogen) atoms. The number of hydrogen-bond acceptors (Lipinski definition) is 1. The van der Waals surface area contributed by atoms with E-state index in [-0.39, 0.29) is 21.7 Å². The zero-order valence-corrected chi connectivity index (χ0v) is 20.0. The fraction of sp³-hybridized carbons (Fsp3) is 0.692. The molecule has 0 bridgehead atoms. The van der Waals surface area contributed by atoms with Crippen molar-refractivity contribution in [2.75, 3.05) is 0 Å². The van der Waals surface area contributed by atoms with Gasteiger partial charge in [-0.2, -0.15) is 0 Å². The van der Waals surface area contributed by atoms with Gasteiger partial charge in [0.05, 0.1) is 23.2 Å². The van der Waals surface area contributed by atoms with Crippen molar-refractivity contribution in [3.63, 3.8) is 0 Å². The second-order valence-electron chi connectivity index (χ2n) is 7.65. The molecular formula is C13H34NPSi3Ti. The van der Waals surface area contributed by atoms with Crippen LogP contribution in [-0.4, -0.2) is 23.2 Å². The maximum Gasteiger partial charge on any atom is 0.0834 e. The maximum atomic E-state index is 9.17. The monoisotopic (exact) mass is 367 g/mol. The van der Waals surface area contributed by atoms with Gasteiger partial charge in [0.15, 0.2) is 0 Å². The van der Waals surface area contributed by atoms with Gasteiger partial charge in [0, 0.05) is 21.7 Å². The molecule has 0 aliphatic rings. The van der Waals surface area contributed by atoms with Gasteiger partial charge in [-0.1, -0.05) is 89.9 Å². The van der Waals surface area contributed by atoms with Crippen molar-refractivity contribution in [1.82, 2.24) is 0 Å². The molecule has 0 saturated heterocycles. The van der Waals surface area contributed by atoms with Gasteiger partial charge < -0.3 is 5.16 Å². The minimum Gasteiger partial charge on any atom is -0.330 e. The average molecular weight is 368 g/mol. The number of rotatable bonds is 4. The third kappa shape index (κ3) is 6.58.